The minimum atomic E-state index is 0.395. The van der Waals surface area contributed by atoms with Crippen molar-refractivity contribution in [3.63, 3.8) is 0 Å². The lowest BCUT2D eigenvalue weighted by Crippen LogP contribution is -2.28. The van der Waals surface area contributed by atoms with Crippen molar-refractivity contribution in [2.24, 2.45) is 17.6 Å². The average Bonchev–Trinajstić information content (AvgIpc) is 3.34. The van der Waals surface area contributed by atoms with E-state index in [2.05, 4.69) is 17.0 Å². The van der Waals surface area contributed by atoms with Gasteiger partial charge in [0, 0.05) is 19.6 Å². The number of hydrogen-bond donors (Lipinski definition) is 1. The summed E-state index contributed by atoms with van der Waals surface area (Å²) in [5.41, 5.74) is 7.84. The lowest BCUT2D eigenvalue weighted by atomic mass is 10.1. The average molecular weight is 304 g/mol. The van der Waals surface area contributed by atoms with Gasteiger partial charge in [0.2, 0.25) is 0 Å². The first-order valence-corrected chi connectivity index (χ1v) is 8.25. The van der Waals surface area contributed by atoms with E-state index < -0.39 is 0 Å². The molecule has 0 heterocycles. The molecule has 0 saturated heterocycles. The lowest BCUT2D eigenvalue weighted by Gasteiger charge is -2.22. The molecule has 0 atom stereocenters. The molecular formula is C17H24N2OS. The molecule has 3 nitrogen and oxygen atoms in total. The van der Waals surface area contributed by atoms with Crippen LogP contribution in [0.5, 0.6) is 5.75 Å². The summed E-state index contributed by atoms with van der Waals surface area (Å²) in [4.78, 5) is 3.01. The third-order valence-electron chi connectivity index (χ3n) is 4.36. The first-order valence-electron chi connectivity index (χ1n) is 7.84. The summed E-state index contributed by atoms with van der Waals surface area (Å²) in [5.74, 6) is 2.65. The van der Waals surface area contributed by atoms with Crippen LogP contribution in [0.2, 0.25) is 0 Å². The Labute approximate surface area is 132 Å². The normalized spacial score (nSPS) is 18.0. The second-order valence-corrected chi connectivity index (χ2v) is 6.92. The Morgan fingerprint density at radius 1 is 1.24 bits per heavy atom. The molecule has 2 N–H and O–H groups in total. The number of rotatable bonds is 8. The van der Waals surface area contributed by atoms with Crippen LogP contribution in [-0.2, 0) is 6.54 Å². The summed E-state index contributed by atoms with van der Waals surface area (Å²) in [5, 5.41) is 0. The number of nitrogens with two attached hydrogens (primary N) is 1. The van der Waals surface area contributed by atoms with Crippen molar-refractivity contribution in [1.29, 1.82) is 0 Å². The van der Waals surface area contributed by atoms with E-state index in [0.717, 1.165) is 29.7 Å². The monoisotopic (exact) mass is 304 g/mol. The number of thiocarbonyl (C=S) groups is 1. The van der Waals surface area contributed by atoms with Crippen molar-refractivity contribution >= 4 is 17.2 Å². The Morgan fingerprint density at radius 3 is 2.33 bits per heavy atom. The topological polar surface area (TPSA) is 38.5 Å². The maximum absolute atomic E-state index is 5.73. The molecule has 21 heavy (non-hydrogen) atoms. The highest BCUT2D eigenvalue weighted by atomic mass is 32.1. The zero-order valence-corrected chi connectivity index (χ0v) is 13.5. The van der Waals surface area contributed by atoms with E-state index in [4.69, 9.17) is 22.7 Å². The van der Waals surface area contributed by atoms with Gasteiger partial charge in [-0.05, 0) is 55.2 Å². The highest BCUT2D eigenvalue weighted by Gasteiger charge is 2.29. The van der Waals surface area contributed by atoms with Crippen LogP contribution in [0.1, 0.15) is 36.8 Å². The van der Waals surface area contributed by atoms with Gasteiger partial charge in [0.1, 0.15) is 10.7 Å². The van der Waals surface area contributed by atoms with Crippen molar-refractivity contribution in [3.05, 3.63) is 29.3 Å². The Bertz CT molecular complexity index is 510. The van der Waals surface area contributed by atoms with Crippen molar-refractivity contribution < 1.29 is 4.74 Å². The van der Waals surface area contributed by atoms with Gasteiger partial charge in [-0.15, -0.1) is 0 Å². The Kier molecular flexibility index (Phi) is 4.45. The number of hydrogen-bond acceptors (Lipinski definition) is 3. The number of nitrogens with zero attached hydrogens (tertiary/aromatic N) is 1. The van der Waals surface area contributed by atoms with Crippen LogP contribution in [0.3, 0.4) is 0 Å². The molecule has 0 amide bonds. The molecular weight excluding hydrogens is 280 g/mol. The molecule has 2 saturated carbocycles. The van der Waals surface area contributed by atoms with E-state index in [0.29, 0.717) is 4.99 Å². The Hall–Kier alpha value is -1.13. The summed E-state index contributed by atoms with van der Waals surface area (Å²) in [6.07, 6.45) is 5.63. The molecule has 0 aliphatic heterocycles. The number of benzene rings is 1. The molecule has 0 aromatic heterocycles. The van der Waals surface area contributed by atoms with Gasteiger partial charge in [-0.25, -0.2) is 0 Å². The van der Waals surface area contributed by atoms with E-state index in [1.54, 1.807) is 7.11 Å². The molecule has 1 aromatic rings. The maximum atomic E-state index is 5.73. The molecule has 2 aliphatic rings. The first kappa shape index (κ1) is 14.8. The van der Waals surface area contributed by atoms with Crippen LogP contribution in [0.4, 0.5) is 0 Å². The molecule has 2 aliphatic carbocycles. The van der Waals surface area contributed by atoms with E-state index >= 15 is 0 Å². The summed E-state index contributed by atoms with van der Waals surface area (Å²) in [6.45, 7) is 3.49. The first-order chi connectivity index (χ1) is 10.2. The van der Waals surface area contributed by atoms with Gasteiger partial charge < -0.3 is 10.5 Å². The van der Waals surface area contributed by atoms with Crippen molar-refractivity contribution in [1.82, 2.24) is 4.90 Å². The quantitative estimate of drug-likeness (QED) is 0.750. The van der Waals surface area contributed by atoms with Crippen LogP contribution in [0, 0.1) is 11.8 Å². The van der Waals surface area contributed by atoms with Gasteiger partial charge in [-0.3, -0.25) is 4.90 Å². The van der Waals surface area contributed by atoms with Gasteiger partial charge >= 0.3 is 0 Å². The molecule has 0 spiro atoms. The van der Waals surface area contributed by atoms with Gasteiger partial charge in [0.05, 0.1) is 12.7 Å². The fourth-order valence-electron chi connectivity index (χ4n) is 2.83. The standard InChI is InChI=1S/C17H24N2OS/c1-20-16-8-14(6-7-15(16)17(18)21)11-19(9-12-2-3-12)10-13-4-5-13/h6-8,12-13H,2-5,9-11H2,1H3,(H2,18,21). The van der Waals surface area contributed by atoms with Crippen molar-refractivity contribution in [2.75, 3.05) is 20.2 Å². The SMILES string of the molecule is COc1cc(CN(CC2CC2)CC2CC2)ccc1C(N)=S. The zero-order chi connectivity index (χ0) is 14.8. The third kappa shape index (κ3) is 4.17. The van der Waals surface area contributed by atoms with Gasteiger partial charge in [-0.1, -0.05) is 18.3 Å². The predicted molar refractivity (Wildman–Crippen MR) is 89.6 cm³/mol. The van der Waals surface area contributed by atoms with Gasteiger partial charge in [0.15, 0.2) is 0 Å². The number of methoxy groups -OCH3 is 1. The van der Waals surface area contributed by atoms with E-state index in [-0.39, 0.29) is 0 Å². The molecule has 0 radical (unpaired) electrons. The predicted octanol–water partition coefficient (Wildman–Crippen LogP) is 2.95. The van der Waals surface area contributed by atoms with E-state index in [1.165, 1.54) is 44.3 Å². The molecule has 0 unspecified atom stereocenters. The van der Waals surface area contributed by atoms with Crippen molar-refractivity contribution in [3.8, 4) is 5.75 Å². The van der Waals surface area contributed by atoms with Crippen LogP contribution >= 0.6 is 12.2 Å². The van der Waals surface area contributed by atoms with Crippen molar-refractivity contribution in [2.45, 2.75) is 32.2 Å². The molecule has 0 bridgehead atoms. The lowest BCUT2D eigenvalue weighted by molar-refractivity contribution is 0.244. The number of ether oxygens (including phenoxy) is 1. The van der Waals surface area contributed by atoms with Crippen LogP contribution in [-0.4, -0.2) is 30.1 Å². The van der Waals surface area contributed by atoms with Crippen LogP contribution < -0.4 is 10.5 Å². The van der Waals surface area contributed by atoms with Crippen LogP contribution in [0.25, 0.3) is 0 Å². The molecule has 114 valence electrons. The third-order valence-corrected chi connectivity index (χ3v) is 4.58. The molecule has 1 aromatic carbocycles. The van der Waals surface area contributed by atoms with Gasteiger partial charge in [0.25, 0.3) is 0 Å². The van der Waals surface area contributed by atoms with E-state index in [9.17, 15) is 0 Å². The summed E-state index contributed by atoms with van der Waals surface area (Å²) in [7, 11) is 1.67. The largest absolute Gasteiger partial charge is 0.496 e. The summed E-state index contributed by atoms with van der Waals surface area (Å²) < 4.78 is 5.43. The van der Waals surface area contributed by atoms with E-state index in [1.807, 2.05) is 6.07 Å². The second-order valence-electron chi connectivity index (χ2n) is 6.48. The summed E-state index contributed by atoms with van der Waals surface area (Å²) in [6, 6.07) is 6.20. The maximum Gasteiger partial charge on any atom is 0.129 e. The summed E-state index contributed by atoms with van der Waals surface area (Å²) >= 11 is 5.06. The fourth-order valence-corrected chi connectivity index (χ4v) is 3.00. The minimum Gasteiger partial charge on any atom is -0.496 e. The Balaban J connectivity index is 1.69. The molecule has 3 rings (SSSR count). The fraction of sp³-hybridized carbons (Fsp3) is 0.588. The smallest absolute Gasteiger partial charge is 0.129 e. The Morgan fingerprint density at radius 2 is 1.86 bits per heavy atom. The molecule has 4 heteroatoms. The highest BCUT2D eigenvalue weighted by Crippen LogP contribution is 2.34. The van der Waals surface area contributed by atoms with Gasteiger partial charge in [-0.2, -0.15) is 0 Å². The van der Waals surface area contributed by atoms with Crippen LogP contribution in [0.15, 0.2) is 18.2 Å². The zero-order valence-electron chi connectivity index (χ0n) is 12.7. The molecule has 2 fully saturated rings. The minimum absolute atomic E-state index is 0.395. The highest BCUT2D eigenvalue weighted by molar-refractivity contribution is 7.80. The second kappa shape index (κ2) is 6.32.